The molecule has 1 aromatic rings. The molecule has 2 heterocycles. The predicted octanol–water partition coefficient (Wildman–Crippen LogP) is 1.15. The summed E-state index contributed by atoms with van der Waals surface area (Å²) in [4.78, 5) is 12.6. The van der Waals surface area contributed by atoms with Gasteiger partial charge in [0.05, 0.1) is 4.88 Å². The summed E-state index contributed by atoms with van der Waals surface area (Å²) in [5.74, 6) is 0.0752. The molecular formula is C10H14N2OS. The average Bonchev–Trinajstić information content (AvgIpc) is 2.75. The van der Waals surface area contributed by atoms with Gasteiger partial charge in [0, 0.05) is 12.6 Å². The third kappa shape index (κ3) is 1.96. The van der Waals surface area contributed by atoms with Gasteiger partial charge >= 0.3 is 0 Å². The maximum atomic E-state index is 11.8. The topological polar surface area (TPSA) is 41.1 Å². The van der Waals surface area contributed by atoms with Crippen molar-refractivity contribution in [1.29, 1.82) is 0 Å². The highest BCUT2D eigenvalue weighted by Gasteiger charge is 2.18. The first-order chi connectivity index (χ1) is 6.77. The van der Waals surface area contributed by atoms with Crippen LogP contribution in [-0.4, -0.2) is 25.0 Å². The fourth-order valence-corrected chi connectivity index (χ4v) is 2.46. The van der Waals surface area contributed by atoms with E-state index >= 15 is 0 Å². The summed E-state index contributed by atoms with van der Waals surface area (Å²) >= 11 is 1.51. The molecule has 1 aliphatic heterocycles. The highest BCUT2D eigenvalue weighted by molar-refractivity contribution is 7.12. The number of carbonyl (C=O) groups excluding carboxylic acids is 1. The Bertz CT molecular complexity index is 329. The van der Waals surface area contributed by atoms with Crippen molar-refractivity contribution in [2.75, 3.05) is 13.1 Å². The molecule has 0 spiro atoms. The highest BCUT2D eigenvalue weighted by Crippen LogP contribution is 2.15. The summed E-state index contributed by atoms with van der Waals surface area (Å²) < 4.78 is 0. The van der Waals surface area contributed by atoms with Gasteiger partial charge in [0.25, 0.3) is 5.91 Å². The minimum absolute atomic E-state index is 0.0752. The standard InChI is InChI=1S/C10H14N2OS/c1-7-3-5-14-9(7)10(13)12-8-2-4-11-6-8/h3,5,8,11H,2,4,6H2,1H3,(H,12,13). The van der Waals surface area contributed by atoms with Crippen LogP contribution >= 0.6 is 11.3 Å². The molecule has 1 unspecified atom stereocenters. The molecule has 4 heteroatoms. The highest BCUT2D eigenvalue weighted by atomic mass is 32.1. The zero-order valence-electron chi connectivity index (χ0n) is 8.17. The van der Waals surface area contributed by atoms with E-state index in [4.69, 9.17) is 0 Å². The van der Waals surface area contributed by atoms with E-state index in [-0.39, 0.29) is 5.91 Å². The monoisotopic (exact) mass is 210 g/mol. The zero-order chi connectivity index (χ0) is 9.97. The third-order valence-corrected chi connectivity index (χ3v) is 3.48. The van der Waals surface area contributed by atoms with Gasteiger partial charge in [-0.25, -0.2) is 0 Å². The van der Waals surface area contributed by atoms with Gasteiger partial charge in [0.2, 0.25) is 0 Å². The van der Waals surface area contributed by atoms with Crippen molar-refractivity contribution in [3.63, 3.8) is 0 Å². The van der Waals surface area contributed by atoms with Crippen molar-refractivity contribution in [3.8, 4) is 0 Å². The minimum Gasteiger partial charge on any atom is -0.347 e. The van der Waals surface area contributed by atoms with Crippen molar-refractivity contribution < 1.29 is 4.79 Å². The van der Waals surface area contributed by atoms with Gasteiger partial charge in [0.1, 0.15) is 0 Å². The predicted molar refractivity (Wildman–Crippen MR) is 57.8 cm³/mol. The molecule has 0 aromatic carbocycles. The fraction of sp³-hybridized carbons (Fsp3) is 0.500. The molecule has 0 aliphatic carbocycles. The van der Waals surface area contributed by atoms with Crippen LogP contribution in [0, 0.1) is 6.92 Å². The summed E-state index contributed by atoms with van der Waals surface area (Å²) in [5, 5.41) is 8.21. The molecule has 1 atom stereocenters. The average molecular weight is 210 g/mol. The minimum atomic E-state index is 0.0752. The Morgan fingerprint density at radius 1 is 1.71 bits per heavy atom. The number of nitrogens with one attached hydrogen (secondary N) is 2. The van der Waals surface area contributed by atoms with Crippen molar-refractivity contribution in [2.45, 2.75) is 19.4 Å². The molecular weight excluding hydrogens is 196 g/mol. The molecule has 0 saturated carbocycles. The van der Waals surface area contributed by atoms with Gasteiger partial charge in [-0.15, -0.1) is 11.3 Å². The van der Waals surface area contributed by atoms with E-state index in [1.807, 2.05) is 18.4 Å². The molecule has 1 amide bonds. The Kier molecular flexibility index (Phi) is 2.84. The summed E-state index contributed by atoms with van der Waals surface area (Å²) in [6, 6.07) is 2.29. The second-order valence-corrected chi connectivity index (χ2v) is 4.51. The van der Waals surface area contributed by atoms with Crippen molar-refractivity contribution >= 4 is 17.2 Å². The van der Waals surface area contributed by atoms with Crippen LogP contribution in [-0.2, 0) is 0 Å². The van der Waals surface area contributed by atoms with E-state index in [0.29, 0.717) is 6.04 Å². The number of amides is 1. The van der Waals surface area contributed by atoms with Gasteiger partial charge in [-0.1, -0.05) is 0 Å². The number of hydrogen-bond donors (Lipinski definition) is 2. The molecule has 1 aliphatic rings. The normalized spacial score (nSPS) is 21.1. The Labute approximate surface area is 87.5 Å². The SMILES string of the molecule is Cc1ccsc1C(=O)NC1CCNC1. The first-order valence-corrected chi connectivity index (χ1v) is 5.71. The molecule has 2 rings (SSSR count). The largest absolute Gasteiger partial charge is 0.347 e. The van der Waals surface area contributed by atoms with E-state index in [1.165, 1.54) is 11.3 Å². The summed E-state index contributed by atoms with van der Waals surface area (Å²) in [6.45, 7) is 3.88. The van der Waals surface area contributed by atoms with Crippen LogP contribution in [0.3, 0.4) is 0 Å². The lowest BCUT2D eigenvalue weighted by atomic mass is 10.2. The molecule has 1 fully saturated rings. The van der Waals surface area contributed by atoms with E-state index in [1.54, 1.807) is 0 Å². The van der Waals surface area contributed by atoms with Crippen molar-refractivity contribution in [3.05, 3.63) is 21.9 Å². The van der Waals surface area contributed by atoms with Crippen LogP contribution in [0.2, 0.25) is 0 Å². The molecule has 0 radical (unpaired) electrons. The van der Waals surface area contributed by atoms with Crippen molar-refractivity contribution in [2.24, 2.45) is 0 Å². The number of carbonyl (C=O) groups is 1. The maximum Gasteiger partial charge on any atom is 0.261 e. The number of hydrogen-bond acceptors (Lipinski definition) is 3. The first kappa shape index (κ1) is 9.68. The third-order valence-electron chi connectivity index (χ3n) is 2.46. The fourth-order valence-electron chi connectivity index (χ4n) is 1.63. The first-order valence-electron chi connectivity index (χ1n) is 4.83. The molecule has 1 saturated heterocycles. The summed E-state index contributed by atoms with van der Waals surface area (Å²) in [7, 11) is 0. The van der Waals surface area contributed by atoms with Crippen molar-refractivity contribution in [1.82, 2.24) is 10.6 Å². The van der Waals surface area contributed by atoms with Gasteiger partial charge in [-0.2, -0.15) is 0 Å². The Balaban J connectivity index is 1.98. The lowest BCUT2D eigenvalue weighted by molar-refractivity contribution is 0.0943. The van der Waals surface area contributed by atoms with Crippen LogP contribution in [0.25, 0.3) is 0 Å². The Morgan fingerprint density at radius 2 is 2.57 bits per heavy atom. The van der Waals surface area contributed by atoms with Crippen LogP contribution in [0.4, 0.5) is 0 Å². The Morgan fingerprint density at radius 3 is 3.14 bits per heavy atom. The van der Waals surface area contributed by atoms with E-state index in [9.17, 15) is 4.79 Å². The van der Waals surface area contributed by atoms with E-state index < -0.39 is 0 Å². The van der Waals surface area contributed by atoms with Crippen LogP contribution in [0.15, 0.2) is 11.4 Å². The summed E-state index contributed by atoms with van der Waals surface area (Å²) in [6.07, 6.45) is 1.04. The Hall–Kier alpha value is -0.870. The second kappa shape index (κ2) is 4.11. The molecule has 3 nitrogen and oxygen atoms in total. The van der Waals surface area contributed by atoms with Gasteiger partial charge in [-0.3, -0.25) is 4.79 Å². The molecule has 1 aromatic heterocycles. The molecule has 2 N–H and O–H groups in total. The van der Waals surface area contributed by atoms with E-state index in [2.05, 4.69) is 10.6 Å². The summed E-state index contributed by atoms with van der Waals surface area (Å²) in [5.41, 5.74) is 1.07. The molecule has 76 valence electrons. The lowest BCUT2D eigenvalue weighted by Crippen LogP contribution is -2.36. The number of rotatable bonds is 2. The smallest absolute Gasteiger partial charge is 0.261 e. The number of thiophene rings is 1. The van der Waals surface area contributed by atoms with Crippen LogP contribution in [0.1, 0.15) is 21.7 Å². The number of aryl methyl sites for hydroxylation is 1. The van der Waals surface area contributed by atoms with Crippen LogP contribution in [0.5, 0.6) is 0 Å². The second-order valence-electron chi connectivity index (χ2n) is 3.60. The van der Waals surface area contributed by atoms with Crippen LogP contribution < -0.4 is 10.6 Å². The van der Waals surface area contributed by atoms with Gasteiger partial charge in [-0.05, 0) is 36.9 Å². The zero-order valence-corrected chi connectivity index (χ0v) is 8.99. The van der Waals surface area contributed by atoms with Gasteiger partial charge < -0.3 is 10.6 Å². The maximum absolute atomic E-state index is 11.8. The molecule has 14 heavy (non-hydrogen) atoms. The van der Waals surface area contributed by atoms with Gasteiger partial charge in [0.15, 0.2) is 0 Å². The van der Waals surface area contributed by atoms with E-state index in [0.717, 1.165) is 30.0 Å². The molecule has 0 bridgehead atoms. The lowest BCUT2D eigenvalue weighted by Gasteiger charge is -2.10. The quantitative estimate of drug-likeness (QED) is 0.769.